The predicted octanol–water partition coefficient (Wildman–Crippen LogP) is -0.817. The van der Waals surface area contributed by atoms with Gasteiger partial charge in [-0.3, -0.25) is 4.99 Å². The van der Waals surface area contributed by atoms with Crippen LogP contribution in [0, 0.1) is 0 Å². The summed E-state index contributed by atoms with van der Waals surface area (Å²) in [5.74, 6) is -0.478. The van der Waals surface area contributed by atoms with E-state index in [4.69, 9.17) is 16.6 Å². The molecule has 0 aromatic carbocycles. The molecule has 0 saturated carbocycles. The van der Waals surface area contributed by atoms with Gasteiger partial charge in [0.2, 0.25) is 0 Å². The van der Waals surface area contributed by atoms with Crippen LogP contribution in [-0.4, -0.2) is 29.9 Å². The maximum absolute atomic E-state index is 11.5. The SMILES string of the molecule is NC(N)=NCC(O)C(F)(F)F. The Bertz CT molecular complexity index is 151. The maximum atomic E-state index is 11.5. The van der Waals surface area contributed by atoms with Crippen molar-refractivity contribution in [1.82, 2.24) is 0 Å². The molecule has 0 amide bonds. The molecule has 0 aliphatic rings. The summed E-state index contributed by atoms with van der Waals surface area (Å²) < 4.78 is 34.5. The number of halogens is 3. The third-order valence-corrected chi connectivity index (χ3v) is 0.825. The van der Waals surface area contributed by atoms with Crippen LogP contribution >= 0.6 is 0 Å². The minimum atomic E-state index is -4.67. The molecule has 1 atom stereocenters. The summed E-state index contributed by atoms with van der Waals surface area (Å²) in [4.78, 5) is 2.99. The molecule has 0 fully saturated rings. The standard InChI is InChI=1S/C4H8F3N3O/c5-4(6,7)2(11)1-10-3(8)9/h2,11H,1H2,(H4,8,9,10). The summed E-state index contributed by atoms with van der Waals surface area (Å²) >= 11 is 0. The Kier molecular flexibility index (Phi) is 3.12. The number of aliphatic hydroxyl groups is 1. The lowest BCUT2D eigenvalue weighted by Gasteiger charge is -2.11. The summed E-state index contributed by atoms with van der Waals surface area (Å²) in [6.45, 7) is -0.855. The van der Waals surface area contributed by atoms with Gasteiger partial charge in [0.1, 0.15) is 0 Å². The van der Waals surface area contributed by atoms with E-state index in [1.807, 2.05) is 0 Å². The van der Waals surface area contributed by atoms with Crippen molar-refractivity contribution in [2.45, 2.75) is 12.3 Å². The molecule has 11 heavy (non-hydrogen) atoms. The average Bonchev–Trinajstić information content (AvgIpc) is 1.80. The summed E-state index contributed by atoms with van der Waals surface area (Å²) in [7, 11) is 0. The quantitative estimate of drug-likeness (QED) is 0.375. The Balaban J connectivity index is 3.89. The van der Waals surface area contributed by atoms with Crippen molar-refractivity contribution in [1.29, 1.82) is 0 Å². The van der Waals surface area contributed by atoms with E-state index in [0.717, 1.165) is 0 Å². The highest BCUT2D eigenvalue weighted by molar-refractivity contribution is 5.75. The van der Waals surface area contributed by atoms with E-state index in [9.17, 15) is 13.2 Å². The highest BCUT2D eigenvalue weighted by atomic mass is 19.4. The van der Waals surface area contributed by atoms with Crippen molar-refractivity contribution in [2.24, 2.45) is 16.5 Å². The second-order valence-electron chi connectivity index (χ2n) is 1.82. The Morgan fingerprint density at radius 2 is 1.91 bits per heavy atom. The molecule has 0 aliphatic carbocycles. The molecule has 0 radical (unpaired) electrons. The summed E-state index contributed by atoms with van der Waals surface area (Å²) in [5, 5.41) is 8.29. The Hall–Kier alpha value is -0.980. The van der Waals surface area contributed by atoms with E-state index in [1.54, 1.807) is 0 Å². The van der Waals surface area contributed by atoms with Crippen LogP contribution in [0.1, 0.15) is 0 Å². The molecule has 0 saturated heterocycles. The molecule has 4 nitrogen and oxygen atoms in total. The molecule has 7 heteroatoms. The monoisotopic (exact) mass is 171 g/mol. The number of hydrogen-bond acceptors (Lipinski definition) is 2. The summed E-state index contributed by atoms with van der Waals surface area (Å²) in [6.07, 6.45) is -7.16. The number of nitrogens with zero attached hydrogens (tertiary/aromatic N) is 1. The van der Waals surface area contributed by atoms with Gasteiger partial charge >= 0.3 is 6.18 Å². The van der Waals surface area contributed by atoms with E-state index in [0.29, 0.717) is 0 Å². The summed E-state index contributed by atoms with van der Waals surface area (Å²) in [6, 6.07) is 0. The van der Waals surface area contributed by atoms with Gasteiger partial charge in [0.05, 0.1) is 6.54 Å². The van der Waals surface area contributed by atoms with Crippen LogP contribution in [0.5, 0.6) is 0 Å². The van der Waals surface area contributed by atoms with E-state index in [-0.39, 0.29) is 0 Å². The van der Waals surface area contributed by atoms with Crippen molar-refractivity contribution in [3.8, 4) is 0 Å². The smallest absolute Gasteiger partial charge is 0.382 e. The lowest BCUT2D eigenvalue weighted by Crippen LogP contribution is -2.33. The van der Waals surface area contributed by atoms with Crippen molar-refractivity contribution >= 4 is 5.96 Å². The second kappa shape index (κ2) is 3.42. The average molecular weight is 171 g/mol. The maximum Gasteiger partial charge on any atom is 0.416 e. The predicted molar refractivity (Wildman–Crippen MR) is 32.7 cm³/mol. The highest BCUT2D eigenvalue weighted by Gasteiger charge is 2.37. The van der Waals surface area contributed by atoms with E-state index >= 15 is 0 Å². The molecule has 0 aliphatic heterocycles. The van der Waals surface area contributed by atoms with Crippen LogP contribution in [0.3, 0.4) is 0 Å². The lowest BCUT2D eigenvalue weighted by atomic mass is 10.3. The molecule has 1 unspecified atom stereocenters. The Labute approximate surface area is 60.7 Å². The van der Waals surface area contributed by atoms with Gasteiger partial charge in [-0.1, -0.05) is 0 Å². The highest BCUT2D eigenvalue weighted by Crippen LogP contribution is 2.19. The zero-order chi connectivity index (χ0) is 9.07. The number of aliphatic hydroxyl groups excluding tert-OH is 1. The molecular formula is C4H8F3N3O. The number of nitrogens with two attached hydrogens (primary N) is 2. The van der Waals surface area contributed by atoms with Crippen molar-refractivity contribution in [2.75, 3.05) is 6.54 Å². The molecule has 0 spiro atoms. The molecule has 0 bridgehead atoms. The first-order valence-electron chi connectivity index (χ1n) is 2.64. The van der Waals surface area contributed by atoms with E-state index in [2.05, 4.69) is 4.99 Å². The van der Waals surface area contributed by atoms with Gasteiger partial charge in [-0.15, -0.1) is 0 Å². The van der Waals surface area contributed by atoms with Crippen LogP contribution in [0.4, 0.5) is 13.2 Å². The van der Waals surface area contributed by atoms with Crippen LogP contribution in [-0.2, 0) is 0 Å². The summed E-state index contributed by atoms with van der Waals surface area (Å²) in [5.41, 5.74) is 9.47. The molecular weight excluding hydrogens is 163 g/mol. The van der Waals surface area contributed by atoms with E-state index in [1.165, 1.54) is 0 Å². The van der Waals surface area contributed by atoms with Gasteiger partial charge in [0.15, 0.2) is 12.1 Å². The topological polar surface area (TPSA) is 84.6 Å². The first-order chi connectivity index (χ1) is 4.84. The molecule has 0 aromatic rings. The normalized spacial score (nSPS) is 14.2. The fourth-order valence-corrected chi connectivity index (χ4v) is 0.295. The molecule has 0 aromatic heterocycles. The van der Waals surface area contributed by atoms with Gasteiger partial charge in [0.25, 0.3) is 0 Å². The Morgan fingerprint density at radius 3 is 2.18 bits per heavy atom. The number of aliphatic imine (C=N–C) groups is 1. The Morgan fingerprint density at radius 1 is 1.45 bits per heavy atom. The molecule has 0 heterocycles. The third-order valence-electron chi connectivity index (χ3n) is 0.825. The van der Waals surface area contributed by atoms with Crippen LogP contribution in [0.25, 0.3) is 0 Å². The van der Waals surface area contributed by atoms with Crippen molar-refractivity contribution in [3.63, 3.8) is 0 Å². The first kappa shape index (κ1) is 10.0. The number of hydrogen-bond donors (Lipinski definition) is 3. The zero-order valence-electron chi connectivity index (χ0n) is 5.47. The fraction of sp³-hybridized carbons (Fsp3) is 0.750. The third kappa shape index (κ3) is 4.43. The van der Waals surface area contributed by atoms with Crippen molar-refractivity contribution in [3.05, 3.63) is 0 Å². The van der Waals surface area contributed by atoms with E-state index < -0.39 is 24.8 Å². The van der Waals surface area contributed by atoms with Crippen molar-refractivity contribution < 1.29 is 18.3 Å². The molecule has 5 N–H and O–H groups in total. The van der Waals surface area contributed by atoms with Crippen LogP contribution < -0.4 is 11.5 Å². The minimum absolute atomic E-state index is 0.478. The second-order valence-corrected chi connectivity index (χ2v) is 1.82. The van der Waals surface area contributed by atoms with Crippen LogP contribution in [0.2, 0.25) is 0 Å². The fourth-order valence-electron chi connectivity index (χ4n) is 0.295. The van der Waals surface area contributed by atoms with Gasteiger partial charge in [-0.25, -0.2) is 0 Å². The number of rotatable bonds is 2. The first-order valence-corrected chi connectivity index (χ1v) is 2.64. The van der Waals surface area contributed by atoms with Gasteiger partial charge in [0, 0.05) is 0 Å². The molecule has 66 valence electrons. The van der Waals surface area contributed by atoms with Gasteiger partial charge in [-0.05, 0) is 0 Å². The van der Waals surface area contributed by atoms with Gasteiger partial charge in [-0.2, -0.15) is 13.2 Å². The van der Waals surface area contributed by atoms with Gasteiger partial charge < -0.3 is 16.6 Å². The number of alkyl halides is 3. The number of guanidine groups is 1. The molecule has 0 rings (SSSR count). The largest absolute Gasteiger partial charge is 0.416 e. The zero-order valence-corrected chi connectivity index (χ0v) is 5.47. The van der Waals surface area contributed by atoms with Crippen LogP contribution in [0.15, 0.2) is 4.99 Å². The minimum Gasteiger partial charge on any atom is -0.382 e. The lowest BCUT2D eigenvalue weighted by molar-refractivity contribution is -0.199.